The first-order chi connectivity index (χ1) is 9.66. The normalized spacial score (nSPS) is 17.6. The standard InChI is InChI=1S/C15H13ClN2O2/c16-12-6-3-7-17-14(12)18-9-11-5-2-1-4-10(11)8-13(18)15(19)20/h1-7,13H,8-9H2,(H,19,20). The first kappa shape index (κ1) is 12.9. The number of rotatable bonds is 2. The number of anilines is 1. The van der Waals surface area contributed by atoms with Gasteiger partial charge in [0.25, 0.3) is 0 Å². The molecule has 1 aliphatic heterocycles. The van der Waals surface area contributed by atoms with Crippen molar-refractivity contribution in [1.29, 1.82) is 0 Å². The van der Waals surface area contributed by atoms with E-state index in [9.17, 15) is 9.90 Å². The lowest BCUT2D eigenvalue weighted by atomic mass is 9.94. The van der Waals surface area contributed by atoms with Crippen molar-refractivity contribution < 1.29 is 9.90 Å². The molecular formula is C15H13ClN2O2. The highest BCUT2D eigenvalue weighted by Crippen LogP contribution is 2.31. The average molecular weight is 289 g/mol. The summed E-state index contributed by atoms with van der Waals surface area (Å²) in [5.74, 6) is -0.336. The molecular weight excluding hydrogens is 276 g/mol. The highest BCUT2D eigenvalue weighted by atomic mass is 35.5. The van der Waals surface area contributed by atoms with Crippen LogP contribution >= 0.6 is 11.6 Å². The third-order valence-electron chi connectivity index (χ3n) is 3.54. The van der Waals surface area contributed by atoms with Gasteiger partial charge in [0, 0.05) is 19.2 Å². The summed E-state index contributed by atoms with van der Waals surface area (Å²) in [6.45, 7) is 0.504. The van der Waals surface area contributed by atoms with Crippen molar-refractivity contribution in [3.63, 3.8) is 0 Å². The van der Waals surface area contributed by atoms with Gasteiger partial charge in [0.05, 0.1) is 5.02 Å². The van der Waals surface area contributed by atoms with E-state index in [1.807, 2.05) is 24.3 Å². The van der Waals surface area contributed by atoms with Gasteiger partial charge in [-0.2, -0.15) is 0 Å². The number of carboxylic acids is 1. The molecule has 3 rings (SSSR count). The van der Waals surface area contributed by atoms with Crippen molar-refractivity contribution in [1.82, 2.24) is 4.98 Å². The second-order valence-electron chi connectivity index (χ2n) is 4.76. The van der Waals surface area contributed by atoms with Crippen molar-refractivity contribution >= 4 is 23.4 Å². The van der Waals surface area contributed by atoms with Crippen LogP contribution in [0, 0.1) is 0 Å². The fourth-order valence-electron chi connectivity index (χ4n) is 2.55. The summed E-state index contributed by atoms with van der Waals surface area (Å²) >= 11 is 6.16. The van der Waals surface area contributed by atoms with E-state index in [0.717, 1.165) is 11.1 Å². The number of nitrogens with zero attached hydrogens (tertiary/aromatic N) is 2. The average Bonchev–Trinajstić information content (AvgIpc) is 2.46. The third-order valence-corrected chi connectivity index (χ3v) is 3.84. The maximum atomic E-state index is 11.5. The van der Waals surface area contributed by atoms with E-state index in [1.165, 1.54) is 0 Å². The van der Waals surface area contributed by atoms with E-state index in [1.54, 1.807) is 23.2 Å². The summed E-state index contributed by atoms with van der Waals surface area (Å²) in [7, 11) is 0. The molecule has 0 spiro atoms. The van der Waals surface area contributed by atoms with Crippen molar-refractivity contribution in [2.75, 3.05) is 4.90 Å². The number of hydrogen-bond donors (Lipinski definition) is 1. The summed E-state index contributed by atoms with van der Waals surface area (Å²) in [5, 5.41) is 9.94. The zero-order valence-corrected chi connectivity index (χ0v) is 11.4. The Bertz CT molecular complexity index is 660. The van der Waals surface area contributed by atoms with Crippen LogP contribution in [0.3, 0.4) is 0 Å². The van der Waals surface area contributed by atoms with Crippen molar-refractivity contribution in [2.45, 2.75) is 19.0 Å². The quantitative estimate of drug-likeness (QED) is 0.923. The zero-order chi connectivity index (χ0) is 14.1. The summed E-state index contributed by atoms with van der Waals surface area (Å²) in [5.41, 5.74) is 2.19. The molecule has 1 N–H and O–H groups in total. The molecule has 0 saturated carbocycles. The topological polar surface area (TPSA) is 53.4 Å². The third kappa shape index (κ3) is 2.23. The summed E-state index contributed by atoms with van der Waals surface area (Å²) in [6, 6.07) is 10.7. The second-order valence-corrected chi connectivity index (χ2v) is 5.17. The predicted molar refractivity (Wildman–Crippen MR) is 77.0 cm³/mol. The van der Waals surface area contributed by atoms with E-state index in [0.29, 0.717) is 23.8 Å². The monoisotopic (exact) mass is 288 g/mol. The number of hydrogen-bond acceptors (Lipinski definition) is 3. The fourth-order valence-corrected chi connectivity index (χ4v) is 2.78. The van der Waals surface area contributed by atoms with Gasteiger partial charge in [-0.15, -0.1) is 0 Å². The molecule has 0 saturated heterocycles. The van der Waals surface area contributed by atoms with Gasteiger partial charge in [0.1, 0.15) is 11.9 Å². The molecule has 0 aliphatic carbocycles. The Morgan fingerprint density at radius 2 is 2.00 bits per heavy atom. The van der Waals surface area contributed by atoms with Crippen molar-refractivity contribution in [3.05, 3.63) is 58.7 Å². The molecule has 5 heteroatoms. The Hall–Kier alpha value is -2.07. The fraction of sp³-hybridized carbons (Fsp3) is 0.200. The largest absolute Gasteiger partial charge is 0.480 e. The van der Waals surface area contributed by atoms with Gasteiger partial charge in [-0.05, 0) is 23.3 Å². The number of fused-ring (bicyclic) bond motifs is 1. The van der Waals surface area contributed by atoms with Crippen molar-refractivity contribution in [3.8, 4) is 0 Å². The molecule has 1 unspecified atom stereocenters. The van der Waals surface area contributed by atoms with Crippen LogP contribution in [0.15, 0.2) is 42.6 Å². The zero-order valence-electron chi connectivity index (χ0n) is 10.7. The first-order valence-corrected chi connectivity index (χ1v) is 6.71. The number of benzene rings is 1. The van der Waals surface area contributed by atoms with Gasteiger partial charge in [-0.25, -0.2) is 9.78 Å². The number of carbonyl (C=O) groups is 1. The molecule has 4 nitrogen and oxygen atoms in total. The number of aromatic nitrogens is 1. The minimum Gasteiger partial charge on any atom is -0.480 e. The number of carboxylic acid groups (broad SMARTS) is 1. The van der Waals surface area contributed by atoms with Gasteiger partial charge in [0.2, 0.25) is 0 Å². The van der Waals surface area contributed by atoms with Gasteiger partial charge in [-0.3, -0.25) is 0 Å². The minimum atomic E-state index is -0.860. The Morgan fingerprint density at radius 3 is 2.70 bits per heavy atom. The molecule has 2 heterocycles. The van der Waals surface area contributed by atoms with Gasteiger partial charge in [0.15, 0.2) is 0 Å². The van der Waals surface area contributed by atoms with E-state index < -0.39 is 12.0 Å². The lowest BCUT2D eigenvalue weighted by molar-refractivity contribution is -0.138. The van der Waals surface area contributed by atoms with Crippen LogP contribution in [0.1, 0.15) is 11.1 Å². The summed E-state index contributed by atoms with van der Waals surface area (Å²) < 4.78 is 0. The highest BCUT2D eigenvalue weighted by molar-refractivity contribution is 6.33. The molecule has 0 fully saturated rings. The van der Waals surface area contributed by atoms with Crippen LogP contribution in [-0.2, 0) is 17.8 Å². The smallest absolute Gasteiger partial charge is 0.326 e. The molecule has 1 aliphatic rings. The van der Waals surface area contributed by atoms with Gasteiger partial charge < -0.3 is 10.0 Å². The maximum absolute atomic E-state index is 11.5. The Labute approximate surface area is 121 Å². The van der Waals surface area contributed by atoms with E-state index in [-0.39, 0.29) is 0 Å². The van der Waals surface area contributed by atoms with Crippen LogP contribution in [0.5, 0.6) is 0 Å². The van der Waals surface area contributed by atoms with Crippen LogP contribution in [0.25, 0.3) is 0 Å². The van der Waals surface area contributed by atoms with Crippen LogP contribution < -0.4 is 4.90 Å². The molecule has 0 bridgehead atoms. The van der Waals surface area contributed by atoms with Crippen LogP contribution in [0.2, 0.25) is 5.02 Å². The van der Waals surface area contributed by atoms with E-state index in [2.05, 4.69) is 4.98 Å². The molecule has 0 amide bonds. The SMILES string of the molecule is O=C(O)C1Cc2ccccc2CN1c1ncccc1Cl. The molecule has 1 aromatic heterocycles. The van der Waals surface area contributed by atoms with Crippen molar-refractivity contribution in [2.24, 2.45) is 0 Å². The van der Waals surface area contributed by atoms with E-state index in [4.69, 9.17) is 11.6 Å². The molecule has 0 radical (unpaired) electrons. The molecule has 1 atom stereocenters. The Kier molecular flexibility index (Phi) is 3.32. The second kappa shape index (κ2) is 5.13. The number of halogens is 1. The van der Waals surface area contributed by atoms with Gasteiger partial charge >= 0.3 is 5.97 Å². The molecule has 102 valence electrons. The summed E-state index contributed by atoms with van der Waals surface area (Å²) in [6.07, 6.45) is 2.08. The predicted octanol–water partition coefficient (Wildman–Crippen LogP) is 2.75. The molecule has 1 aromatic carbocycles. The maximum Gasteiger partial charge on any atom is 0.326 e. The summed E-state index contributed by atoms with van der Waals surface area (Å²) in [4.78, 5) is 17.5. The van der Waals surface area contributed by atoms with Gasteiger partial charge in [-0.1, -0.05) is 35.9 Å². The number of aliphatic carboxylic acids is 1. The minimum absolute atomic E-state index is 0.457. The first-order valence-electron chi connectivity index (χ1n) is 6.33. The number of pyridine rings is 1. The Morgan fingerprint density at radius 1 is 1.25 bits per heavy atom. The van der Waals surface area contributed by atoms with E-state index >= 15 is 0 Å². The molecule has 20 heavy (non-hydrogen) atoms. The lowest BCUT2D eigenvalue weighted by Gasteiger charge is -2.35. The molecule has 2 aromatic rings. The lowest BCUT2D eigenvalue weighted by Crippen LogP contribution is -2.46. The Balaban J connectivity index is 2.05. The van der Waals surface area contributed by atoms with Crippen LogP contribution in [0.4, 0.5) is 5.82 Å². The highest BCUT2D eigenvalue weighted by Gasteiger charge is 2.33. The van der Waals surface area contributed by atoms with Crippen LogP contribution in [-0.4, -0.2) is 22.1 Å².